The molecule has 3 atom stereocenters. The normalized spacial score (nSPS) is 31.7. The molecule has 88 valence electrons. The van der Waals surface area contributed by atoms with Gasteiger partial charge in [0.2, 0.25) is 0 Å². The highest BCUT2D eigenvalue weighted by atomic mass is 16.6. The molecule has 1 aliphatic carbocycles. The molecule has 0 aromatic carbocycles. The van der Waals surface area contributed by atoms with Gasteiger partial charge in [-0.2, -0.15) is 0 Å². The van der Waals surface area contributed by atoms with E-state index in [4.69, 9.17) is 4.74 Å². The quantitative estimate of drug-likeness (QED) is 0.671. The maximum Gasteiger partial charge on any atom is 0.306 e. The molecule has 15 heavy (non-hydrogen) atoms. The van der Waals surface area contributed by atoms with E-state index < -0.39 is 17.8 Å². The molecule has 1 rings (SSSR count). The van der Waals surface area contributed by atoms with Crippen molar-refractivity contribution in [2.24, 2.45) is 5.92 Å². The topological polar surface area (TPSA) is 66.8 Å². The molecule has 1 fully saturated rings. The Hall–Kier alpha value is -0.610. The summed E-state index contributed by atoms with van der Waals surface area (Å²) in [5, 5.41) is 18.6. The summed E-state index contributed by atoms with van der Waals surface area (Å²) in [7, 11) is 0. The fraction of sp³-hybridized carbons (Fsp3) is 0.909. The van der Waals surface area contributed by atoms with Gasteiger partial charge in [0.1, 0.15) is 5.60 Å². The smallest absolute Gasteiger partial charge is 0.306 e. The predicted molar refractivity (Wildman–Crippen MR) is 55.2 cm³/mol. The van der Waals surface area contributed by atoms with Gasteiger partial charge in [-0.05, 0) is 39.5 Å². The summed E-state index contributed by atoms with van der Waals surface area (Å²) >= 11 is 0. The van der Waals surface area contributed by atoms with E-state index >= 15 is 0 Å². The maximum absolute atomic E-state index is 11.4. The minimum absolute atomic E-state index is 0.0462. The van der Waals surface area contributed by atoms with Crippen LogP contribution in [0.4, 0.5) is 0 Å². The van der Waals surface area contributed by atoms with Gasteiger partial charge in [0.25, 0.3) is 0 Å². The average molecular weight is 216 g/mol. The minimum Gasteiger partial charge on any atom is -0.460 e. The molecule has 0 saturated heterocycles. The van der Waals surface area contributed by atoms with Crippen molar-refractivity contribution in [3.63, 3.8) is 0 Å². The average Bonchev–Trinajstić information content (AvgIpc) is 2.26. The lowest BCUT2D eigenvalue weighted by Gasteiger charge is -2.20. The molecular formula is C11H20O4. The summed E-state index contributed by atoms with van der Waals surface area (Å²) in [5.41, 5.74) is -0.465. The Balaban J connectivity index is 2.34. The lowest BCUT2D eigenvalue weighted by Crippen LogP contribution is -2.25. The van der Waals surface area contributed by atoms with Crippen LogP contribution in [0.3, 0.4) is 0 Å². The highest BCUT2D eigenvalue weighted by Gasteiger charge is 2.33. The van der Waals surface area contributed by atoms with Crippen molar-refractivity contribution in [3.05, 3.63) is 0 Å². The monoisotopic (exact) mass is 216 g/mol. The lowest BCUT2D eigenvalue weighted by molar-refractivity contribution is -0.155. The van der Waals surface area contributed by atoms with Gasteiger partial charge in [-0.15, -0.1) is 0 Å². The molecule has 0 radical (unpaired) electrons. The van der Waals surface area contributed by atoms with E-state index in [-0.39, 0.29) is 18.3 Å². The number of ether oxygens (including phenoxy) is 1. The zero-order valence-electron chi connectivity index (χ0n) is 9.56. The number of aliphatic hydroxyl groups is 2. The van der Waals surface area contributed by atoms with Crippen molar-refractivity contribution in [3.8, 4) is 0 Å². The molecule has 0 heterocycles. The van der Waals surface area contributed by atoms with Crippen LogP contribution >= 0.6 is 0 Å². The number of hydrogen-bond acceptors (Lipinski definition) is 4. The van der Waals surface area contributed by atoms with Crippen molar-refractivity contribution in [2.75, 3.05) is 0 Å². The Morgan fingerprint density at radius 1 is 1.27 bits per heavy atom. The van der Waals surface area contributed by atoms with Crippen LogP contribution in [-0.2, 0) is 9.53 Å². The third-order valence-electron chi connectivity index (χ3n) is 2.47. The predicted octanol–water partition coefficient (Wildman–Crippen LogP) is 0.850. The highest BCUT2D eigenvalue weighted by Crippen LogP contribution is 2.29. The minimum atomic E-state index is -0.683. The van der Waals surface area contributed by atoms with Gasteiger partial charge in [-0.3, -0.25) is 4.79 Å². The number of carbonyl (C=O) groups is 1. The fourth-order valence-electron chi connectivity index (χ4n) is 1.88. The fourth-order valence-corrected chi connectivity index (χ4v) is 1.88. The maximum atomic E-state index is 11.4. The first-order valence-corrected chi connectivity index (χ1v) is 5.36. The zero-order valence-corrected chi connectivity index (χ0v) is 9.56. The molecule has 0 aromatic heterocycles. The van der Waals surface area contributed by atoms with E-state index in [2.05, 4.69) is 0 Å². The molecule has 2 N–H and O–H groups in total. The molecular weight excluding hydrogens is 196 g/mol. The largest absolute Gasteiger partial charge is 0.460 e. The summed E-state index contributed by atoms with van der Waals surface area (Å²) in [6, 6.07) is 0. The van der Waals surface area contributed by atoms with Crippen LogP contribution in [0.5, 0.6) is 0 Å². The van der Waals surface area contributed by atoms with Crippen LogP contribution in [0.1, 0.15) is 40.0 Å². The van der Waals surface area contributed by atoms with Crippen molar-refractivity contribution in [1.82, 2.24) is 0 Å². The van der Waals surface area contributed by atoms with Gasteiger partial charge in [-0.25, -0.2) is 0 Å². The second-order valence-corrected chi connectivity index (χ2v) is 5.26. The Morgan fingerprint density at radius 3 is 2.13 bits per heavy atom. The number of carbonyl (C=O) groups excluding carboxylic acids is 1. The Kier molecular flexibility index (Phi) is 3.73. The molecule has 1 aliphatic rings. The van der Waals surface area contributed by atoms with Crippen LogP contribution in [-0.4, -0.2) is 34.0 Å². The van der Waals surface area contributed by atoms with Crippen LogP contribution in [0.2, 0.25) is 0 Å². The van der Waals surface area contributed by atoms with Gasteiger partial charge in [-0.1, -0.05) is 0 Å². The standard InChI is InChI=1S/C11H20O4/c1-11(2,3)15-10(14)6-7-4-8(12)9(13)5-7/h7-9,12-13H,4-6H2,1-3H3/t7?,8-,9+. The van der Waals surface area contributed by atoms with Crippen LogP contribution < -0.4 is 0 Å². The highest BCUT2D eigenvalue weighted by molar-refractivity contribution is 5.70. The number of rotatable bonds is 2. The van der Waals surface area contributed by atoms with Crippen molar-refractivity contribution >= 4 is 5.97 Å². The molecule has 1 saturated carbocycles. The zero-order chi connectivity index (χ0) is 11.6. The van der Waals surface area contributed by atoms with Gasteiger partial charge in [0.15, 0.2) is 0 Å². The number of aliphatic hydroxyl groups excluding tert-OH is 2. The Labute approximate surface area is 90.2 Å². The van der Waals surface area contributed by atoms with E-state index in [1.165, 1.54) is 0 Å². The summed E-state index contributed by atoms with van der Waals surface area (Å²) in [5.74, 6) is -0.210. The van der Waals surface area contributed by atoms with Crippen LogP contribution in [0, 0.1) is 5.92 Å². The van der Waals surface area contributed by atoms with E-state index in [0.717, 1.165) is 0 Å². The molecule has 1 unspecified atom stereocenters. The third-order valence-corrected chi connectivity index (χ3v) is 2.47. The summed E-state index contributed by atoms with van der Waals surface area (Å²) < 4.78 is 5.17. The molecule has 4 nitrogen and oxygen atoms in total. The Morgan fingerprint density at radius 2 is 1.73 bits per heavy atom. The van der Waals surface area contributed by atoms with E-state index in [9.17, 15) is 15.0 Å². The summed E-state index contributed by atoms with van der Waals surface area (Å²) in [6.07, 6.45) is -0.110. The third kappa shape index (κ3) is 4.18. The molecule has 0 aliphatic heterocycles. The van der Waals surface area contributed by atoms with Gasteiger partial charge >= 0.3 is 5.97 Å². The van der Waals surface area contributed by atoms with Gasteiger partial charge in [0, 0.05) is 6.42 Å². The molecule has 0 aromatic rings. The van der Waals surface area contributed by atoms with Crippen molar-refractivity contribution < 1.29 is 19.7 Å². The number of esters is 1. The first kappa shape index (κ1) is 12.5. The first-order chi connectivity index (χ1) is 6.78. The SMILES string of the molecule is CC(C)(C)OC(=O)CC1C[C@@H](O)[C@@H](O)C1. The van der Waals surface area contributed by atoms with Gasteiger partial charge in [0.05, 0.1) is 12.2 Å². The molecule has 0 amide bonds. The molecule has 0 bridgehead atoms. The first-order valence-electron chi connectivity index (χ1n) is 5.36. The van der Waals surface area contributed by atoms with E-state index in [1.54, 1.807) is 0 Å². The van der Waals surface area contributed by atoms with Crippen LogP contribution in [0.25, 0.3) is 0 Å². The Bertz CT molecular complexity index is 221. The summed E-state index contributed by atoms with van der Waals surface area (Å²) in [4.78, 5) is 11.4. The molecule has 4 heteroatoms. The van der Waals surface area contributed by atoms with Crippen molar-refractivity contribution in [2.45, 2.75) is 57.8 Å². The number of hydrogen-bond donors (Lipinski definition) is 2. The van der Waals surface area contributed by atoms with Crippen LogP contribution in [0.15, 0.2) is 0 Å². The molecule has 0 spiro atoms. The lowest BCUT2D eigenvalue weighted by atomic mass is 10.0. The van der Waals surface area contributed by atoms with E-state index in [0.29, 0.717) is 12.8 Å². The van der Waals surface area contributed by atoms with E-state index in [1.807, 2.05) is 20.8 Å². The van der Waals surface area contributed by atoms with Crippen molar-refractivity contribution in [1.29, 1.82) is 0 Å². The second kappa shape index (κ2) is 4.49. The second-order valence-electron chi connectivity index (χ2n) is 5.26. The van der Waals surface area contributed by atoms with Gasteiger partial charge < -0.3 is 14.9 Å². The summed E-state index contributed by atoms with van der Waals surface area (Å²) in [6.45, 7) is 5.47.